The van der Waals surface area contributed by atoms with Crippen LogP contribution in [0.3, 0.4) is 0 Å². The summed E-state index contributed by atoms with van der Waals surface area (Å²) >= 11 is 2.89. The van der Waals surface area contributed by atoms with Crippen LogP contribution in [0.2, 0.25) is 0 Å². The second-order valence-corrected chi connectivity index (χ2v) is 9.59. The molecular weight excluding hydrogens is 420 g/mol. The minimum atomic E-state index is -0.341. The van der Waals surface area contributed by atoms with Crippen LogP contribution in [0, 0.1) is 0 Å². The van der Waals surface area contributed by atoms with Crippen molar-refractivity contribution < 1.29 is 14.3 Å². The minimum Gasteiger partial charge on any atom is -0.462 e. The standard InChI is InChI=1S/C21H30N4O3S2/c1-5-16-23-24-21(25(16)13(3)4)29-12-17(26)22-19-18(20(27)28-6-2)14-10-8-7-9-11-15(14)30-19/h13H,5-12H2,1-4H3,(H,22,26). The Balaban J connectivity index is 1.75. The van der Waals surface area contributed by atoms with Gasteiger partial charge in [0.25, 0.3) is 0 Å². The average molecular weight is 451 g/mol. The van der Waals surface area contributed by atoms with Crippen molar-refractivity contribution in [2.75, 3.05) is 17.7 Å². The van der Waals surface area contributed by atoms with Crippen LogP contribution in [0.15, 0.2) is 5.16 Å². The van der Waals surface area contributed by atoms with Crippen LogP contribution in [0.1, 0.15) is 79.6 Å². The molecule has 0 unspecified atom stereocenters. The van der Waals surface area contributed by atoms with Crippen LogP contribution in [0.4, 0.5) is 5.00 Å². The number of thiophene rings is 1. The number of nitrogens with zero attached hydrogens (tertiary/aromatic N) is 3. The highest BCUT2D eigenvalue weighted by Gasteiger charge is 2.26. The number of aromatic nitrogens is 3. The SMILES string of the molecule is CCOC(=O)c1c(NC(=O)CSc2nnc(CC)n2C(C)C)sc2c1CCCCC2. The summed E-state index contributed by atoms with van der Waals surface area (Å²) in [5, 5.41) is 12.8. The van der Waals surface area contributed by atoms with Crippen LogP contribution in [-0.4, -0.2) is 39.0 Å². The topological polar surface area (TPSA) is 86.1 Å². The number of aryl methyl sites for hydroxylation is 2. The highest BCUT2D eigenvalue weighted by Crippen LogP contribution is 2.38. The Morgan fingerprint density at radius 2 is 1.97 bits per heavy atom. The van der Waals surface area contributed by atoms with Gasteiger partial charge in [0.05, 0.1) is 17.9 Å². The van der Waals surface area contributed by atoms with Crippen molar-refractivity contribution in [1.29, 1.82) is 0 Å². The van der Waals surface area contributed by atoms with Crippen LogP contribution in [-0.2, 0) is 28.8 Å². The molecule has 9 heteroatoms. The number of carbonyl (C=O) groups excluding carboxylic acids is 2. The van der Waals surface area contributed by atoms with E-state index in [2.05, 4.69) is 33.9 Å². The first-order valence-electron chi connectivity index (χ1n) is 10.6. The maximum absolute atomic E-state index is 12.7. The summed E-state index contributed by atoms with van der Waals surface area (Å²) in [6, 6.07) is 0.226. The molecule has 164 valence electrons. The molecule has 1 N–H and O–H groups in total. The van der Waals surface area contributed by atoms with E-state index < -0.39 is 0 Å². The van der Waals surface area contributed by atoms with E-state index >= 15 is 0 Å². The first-order valence-corrected chi connectivity index (χ1v) is 12.4. The molecule has 1 aliphatic carbocycles. The normalized spacial score (nSPS) is 13.8. The molecule has 0 aromatic carbocycles. The van der Waals surface area contributed by atoms with Gasteiger partial charge >= 0.3 is 5.97 Å². The summed E-state index contributed by atoms with van der Waals surface area (Å²) in [4.78, 5) is 26.6. The zero-order valence-corrected chi connectivity index (χ0v) is 19.8. The Morgan fingerprint density at radius 3 is 2.67 bits per heavy atom. The zero-order chi connectivity index (χ0) is 21.7. The number of amides is 1. The summed E-state index contributed by atoms with van der Waals surface area (Å²) in [7, 11) is 0. The third-order valence-electron chi connectivity index (χ3n) is 5.05. The quantitative estimate of drug-likeness (QED) is 0.358. The van der Waals surface area contributed by atoms with E-state index in [1.807, 2.05) is 6.92 Å². The maximum atomic E-state index is 12.7. The van der Waals surface area contributed by atoms with Crippen molar-refractivity contribution in [3.8, 4) is 0 Å². The van der Waals surface area contributed by atoms with Gasteiger partial charge in [-0.05, 0) is 52.0 Å². The van der Waals surface area contributed by atoms with Crippen LogP contribution in [0.25, 0.3) is 0 Å². The van der Waals surface area contributed by atoms with Gasteiger partial charge < -0.3 is 14.6 Å². The molecule has 0 spiro atoms. The summed E-state index contributed by atoms with van der Waals surface area (Å²) in [5.41, 5.74) is 1.61. The van der Waals surface area contributed by atoms with Gasteiger partial charge in [0.15, 0.2) is 5.16 Å². The molecule has 0 aliphatic heterocycles. The van der Waals surface area contributed by atoms with Crippen molar-refractivity contribution in [1.82, 2.24) is 14.8 Å². The predicted molar refractivity (Wildman–Crippen MR) is 121 cm³/mol. The van der Waals surface area contributed by atoms with Gasteiger partial charge in [0.2, 0.25) is 5.91 Å². The molecular formula is C21H30N4O3S2. The molecule has 0 radical (unpaired) electrons. The molecule has 0 fully saturated rings. The molecule has 0 bridgehead atoms. The lowest BCUT2D eigenvalue weighted by molar-refractivity contribution is -0.113. The molecule has 2 aromatic heterocycles. The van der Waals surface area contributed by atoms with E-state index in [1.54, 1.807) is 6.92 Å². The molecule has 0 atom stereocenters. The zero-order valence-electron chi connectivity index (χ0n) is 18.1. The number of hydrogen-bond donors (Lipinski definition) is 1. The summed E-state index contributed by atoms with van der Waals surface area (Å²) in [6.07, 6.45) is 5.95. The summed E-state index contributed by atoms with van der Waals surface area (Å²) in [5.74, 6) is 0.629. The third-order valence-corrected chi connectivity index (χ3v) is 7.20. The highest BCUT2D eigenvalue weighted by atomic mass is 32.2. The van der Waals surface area contributed by atoms with Gasteiger partial charge in [-0.3, -0.25) is 4.79 Å². The van der Waals surface area contributed by atoms with Crippen LogP contribution in [0.5, 0.6) is 0 Å². The fraction of sp³-hybridized carbons (Fsp3) is 0.619. The van der Waals surface area contributed by atoms with E-state index in [4.69, 9.17) is 4.74 Å². The number of nitrogens with one attached hydrogen (secondary N) is 1. The number of rotatable bonds is 8. The monoisotopic (exact) mass is 450 g/mol. The number of ether oxygens (including phenoxy) is 1. The van der Waals surface area contributed by atoms with Crippen molar-refractivity contribution >= 4 is 40.0 Å². The second-order valence-electron chi connectivity index (χ2n) is 7.54. The van der Waals surface area contributed by atoms with Crippen molar-refractivity contribution in [2.45, 2.75) is 77.4 Å². The summed E-state index contributed by atoms with van der Waals surface area (Å²) in [6.45, 7) is 8.32. The lowest BCUT2D eigenvalue weighted by Crippen LogP contribution is -2.17. The maximum Gasteiger partial charge on any atom is 0.341 e. The number of fused-ring (bicyclic) bond motifs is 1. The Kier molecular flexibility index (Phi) is 7.93. The molecule has 1 aliphatic rings. The summed E-state index contributed by atoms with van der Waals surface area (Å²) < 4.78 is 7.36. The fourth-order valence-electron chi connectivity index (χ4n) is 3.71. The second kappa shape index (κ2) is 10.4. The fourth-order valence-corrected chi connectivity index (χ4v) is 5.89. The first kappa shape index (κ1) is 22.8. The molecule has 7 nitrogen and oxygen atoms in total. The Labute approximate surface area is 186 Å². The smallest absolute Gasteiger partial charge is 0.341 e. The van der Waals surface area contributed by atoms with Gasteiger partial charge in [-0.15, -0.1) is 21.5 Å². The molecule has 30 heavy (non-hydrogen) atoms. The molecule has 0 saturated heterocycles. The van der Waals surface area contributed by atoms with Crippen LogP contribution < -0.4 is 5.32 Å². The van der Waals surface area contributed by atoms with E-state index in [-0.39, 0.29) is 23.7 Å². The van der Waals surface area contributed by atoms with Gasteiger partial charge in [-0.25, -0.2) is 4.79 Å². The number of carbonyl (C=O) groups is 2. The lowest BCUT2D eigenvalue weighted by atomic mass is 10.1. The lowest BCUT2D eigenvalue weighted by Gasteiger charge is -2.13. The van der Waals surface area contributed by atoms with E-state index in [0.29, 0.717) is 17.2 Å². The Hall–Kier alpha value is -1.87. The van der Waals surface area contributed by atoms with Crippen molar-refractivity contribution in [3.05, 3.63) is 21.8 Å². The number of esters is 1. The van der Waals surface area contributed by atoms with Gasteiger partial charge in [-0.2, -0.15) is 0 Å². The van der Waals surface area contributed by atoms with Crippen LogP contribution >= 0.6 is 23.1 Å². The number of thioether (sulfide) groups is 1. The molecule has 2 heterocycles. The Bertz CT molecular complexity index is 904. The first-order chi connectivity index (χ1) is 14.5. The molecule has 0 saturated carbocycles. The Morgan fingerprint density at radius 1 is 1.20 bits per heavy atom. The molecule has 1 amide bonds. The molecule has 3 rings (SSSR count). The largest absolute Gasteiger partial charge is 0.462 e. The number of anilines is 1. The predicted octanol–water partition coefficient (Wildman–Crippen LogP) is 4.66. The van der Waals surface area contributed by atoms with Crippen molar-refractivity contribution in [3.63, 3.8) is 0 Å². The van der Waals surface area contributed by atoms with E-state index in [0.717, 1.165) is 55.1 Å². The van der Waals surface area contributed by atoms with Gasteiger partial charge in [0, 0.05) is 17.3 Å². The highest BCUT2D eigenvalue weighted by molar-refractivity contribution is 7.99. The minimum absolute atomic E-state index is 0.154. The third kappa shape index (κ3) is 5.06. The molecule has 2 aromatic rings. The van der Waals surface area contributed by atoms with Crippen molar-refractivity contribution in [2.24, 2.45) is 0 Å². The van der Waals surface area contributed by atoms with Gasteiger partial charge in [-0.1, -0.05) is 25.1 Å². The average Bonchev–Trinajstić information content (AvgIpc) is 3.20. The van der Waals surface area contributed by atoms with E-state index in [1.165, 1.54) is 28.0 Å². The number of hydrogen-bond acceptors (Lipinski definition) is 7. The van der Waals surface area contributed by atoms with Gasteiger partial charge in [0.1, 0.15) is 10.8 Å². The van der Waals surface area contributed by atoms with E-state index in [9.17, 15) is 9.59 Å².